The molecule has 0 spiro atoms. The molecule has 28 heavy (non-hydrogen) atoms. The Balaban J connectivity index is 1.85. The van der Waals surface area contributed by atoms with Gasteiger partial charge in [0.2, 0.25) is 15.9 Å². The number of halogens is 3. The van der Waals surface area contributed by atoms with Crippen molar-refractivity contribution in [1.82, 2.24) is 10.0 Å². The van der Waals surface area contributed by atoms with E-state index in [4.69, 9.17) is 0 Å². The molecule has 0 radical (unpaired) electrons. The van der Waals surface area contributed by atoms with Gasteiger partial charge in [-0.25, -0.2) is 12.8 Å². The Morgan fingerprint density at radius 2 is 1.75 bits per heavy atom. The Hall–Kier alpha value is -2.59. The SMILES string of the molecule is C[C@H](NS(=O)(=O)c1ccccc1F)C(=O)NCCc1ccc(OC(F)F)cc1. The third-order valence-corrected chi connectivity index (χ3v) is 5.29. The topological polar surface area (TPSA) is 84.5 Å². The number of ether oxygens (including phenoxy) is 1. The van der Waals surface area contributed by atoms with Crippen molar-refractivity contribution >= 4 is 15.9 Å². The Morgan fingerprint density at radius 3 is 2.36 bits per heavy atom. The molecule has 1 amide bonds. The van der Waals surface area contributed by atoms with Crippen LogP contribution in [0.5, 0.6) is 5.75 Å². The summed E-state index contributed by atoms with van der Waals surface area (Å²) in [6.45, 7) is -1.37. The average Bonchev–Trinajstić information content (AvgIpc) is 2.62. The van der Waals surface area contributed by atoms with Crippen LogP contribution in [0, 0.1) is 5.82 Å². The lowest BCUT2D eigenvalue weighted by molar-refractivity contribution is -0.122. The van der Waals surface area contributed by atoms with E-state index in [1.54, 1.807) is 12.1 Å². The van der Waals surface area contributed by atoms with Crippen molar-refractivity contribution in [3.05, 3.63) is 59.9 Å². The summed E-state index contributed by atoms with van der Waals surface area (Å²) in [4.78, 5) is 11.5. The highest BCUT2D eigenvalue weighted by Gasteiger charge is 2.24. The van der Waals surface area contributed by atoms with Crippen molar-refractivity contribution in [2.45, 2.75) is 30.9 Å². The third-order valence-electron chi connectivity index (χ3n) is 3.71. The number of nitrogens with one attached hydrogen (secondary N) is 2. The van der Waals surface area contributed by atoms with E-state index in [0.717, 1.165) is 17.7 Å². The summed E-state index contributed by atoms with van der Waals surface area (Å²) in [5.41, 5.74) is 0.765. The number of benzene rings is 2. The van der Waals surface area contributed by atoms with Crippen LogP contribution in [0.15, 0.2) is 53.4 Å². The van der Waals surface area contributed by atoms with Crippen LogP contribution in [0.3, 0.4) is 0 Å². The maximum atomic E-state index is 13.7. The lowest BCUT2D eigenvalue weighted by Gasteiger charge is -2.15. The Labute approximate surface area is 160 Å². The van der Waals surface area contributed by atoms with Gasteiger partial charge in [0.25, 0.3) is 0 Å². The zero-order chi connectivity index (χ0) is 20.7. The second-order valence-corrected chi connectivity index (χ2v) is 7.52. The lowest BCUT2D eigenvalue weighted by atomic mass is 10.1. The summed E-state index contributed by atoms with van der Waals surface area (Å²) in [6.07, 6.45) is 0.396. The monoisotopic (exact) mass is 416 g/mol. The molecule has 0 saturated carbocycles. The van der Waals surface area contributed by atoms with E-state index >= 15 is 0 Å². The normalized spacial score (nSPS) is 12.6. The molecule has 2 aromatic carbocycles. The van der Waals surface area contributed by atoms with E-state index in [1.807, 2.05) is 0 Å². The van der Waals surface area contributed by atoms with Crippen molar-refractivity contribution < 1.29 is 31.1 Å². The summed E-state index contributed by atoms with van der Waals surface area (Å²) in [7, 11) is -4.19. The first kappa shape index (κ1) is 21.7. The van der Waals surface area contributed by atoms with Crippen LogP contribution in [0.25, 0.3) is 0 Å². The maximum Gasteiger partial charge on any atom is 0.387 e. The number of sulfonamides is 1. The number of hydrogen-bond acceptors (Lipinski definition) is 4. The minimum absolute atomic E-state index is 0.0268. The molecule has 1 atom stereocenters. The fourth-order valence-corrected chi connectivity index (χ4v) is 3.62. The number of carbonyl (C=O) groups is 1. The molecule has 0 aliphatic carbocycles. The number of rotatable bonds is 9. The van der Waals surface area contributed by atoms with E-state index in [2.05, 4.69) is 14.8 Å². The molecular formula is C18H19F3N2O4S. The van der Waals surface area contributed by atoms with Crippen molar-refractivity contribution in [2.24, 2.45) is 0 Å². The minimum atomic E-state index is -4.19. The van der Waals surface area contributed by atoms with Gasteiger partial charge in [0, 0.05) is 6.54 Å². The van der Waals surface area contributed by atoms with E-state index in [0.29, 0.717) is 6.42 Å². The molecular weight excluding hydrogens is 397 g/mol. The van der Waals surface area contributed by atoms with Crippen LogP contribution in [0.1, 0.15) is 12.5 Å². The molecule has 0 aromatic heterocycles. The summed E-state index contributed by atoms with van der Waals surface area (Å²) in [6, 6.07) is 9.65. The van der Waals surface area contributed by atoms with Gasteiger partial charge in [0.05, 0.1) is 6.04 Å². The average molecular weight is 416 g/mol. The highest BCUT2D eigenvalue weighted by atomic mass is 32.2. The van der Waals surface area contributed by atoms with Crippen LogP contribution in [0.4, 0.5) is 13.2 Å². The van der Waals surface area contributed by atoms with Crippen molar-refractivity contribution in [2.75, 3.05) is 6.54 Å². The smallest absolute Gasteiger partial charge is 0.387 e. The van der Waals surface area contributed by atoms with Crippen LogP contribution in [-0.4, -0.2) is 33.5 Å². The van der Waals surface area contributed by atoms with Gasteiger partial charge in [-0.05, 0) is 43.2 Å². The van der Waals surface area contributed by atoms with Crippen LogP contribution >= 0.6 is 0 Å². The van der Waals surface area contributed by atoms with Crippen molar-refractivity contribution in [3.8, 4) is 5.75 Å². The molecule has 0 heterocycles. The van der Waals surface area contributed by atoms with Crippen molar-refractivity contribution in [3.63, 3.8) is 0 Å². The predicted molar refractivity (Wildman–Crippen MR) is 96.0 cm³/mol. The molecule has 2 rings (SSSR count). The minimum Gasteiger partial charge on any atom is -0.435 e. The number of hydrogen-bond donors (Lipinski definition) is 2. The molecule has 0 fully saturated rings. The third kappa shape index (κ3) is 6.24. The van der Waals surface area contributed by atoms with Gasteiger partial charge < -0.3 is 10.1 Å². The van der Waals surface area contributed by atoms with E-state index in [-0.39, 0.29) is 12.3 Å². The molecule has 6 nitrogen and oxygen atoms in total. The highest BCUT2D eigenvalue weighted by Crippen LogP contribution is 2.15. The Kier molecular flexibility index (Phi) is 7.41. The first-order chi connectivity index (χ1) is 13.2. The predicted octanol–water partition coefficient (Wildman–Crippen LogP) is 2.45. The fraction of sp³-hybridized carbons (Fsp3) is 0.278. The lowest BCUT2D eigenvalue weighted by Crippen LogP contribution is -2.45. The molecule has 2 aromatic rings. The van der Waals surface area contributed by atoms with Gasteiger partial charge in [-0.1, -0.05) is 24.3 Å². The molecule has 0 unspecified atom stereocenters. The van der Waals surface area contributed by atoms with E-state index < -0.39 is 39.3 Å². The van der Waals surface area contributed by atoms with Gasteiger partial charge >= 0.3 is 6.61 Å². The molecule has 0 bridgehead atoms. The summed E-state index contributed by atoms with van der Waals surface area (Å²) in [5, 5.41) is 2.56. The fourth-order valence-electron chi connectivity index (χ4n) is 2.33. The Bertz CT molecular complexity index is 905. The van der Waals surface area contributed by atoms with Gasteiger partial charge in [0.1, 0.15) is 16.5 Å². The van der Waals surface area contributed by atoms with Gasteiger partial charge in [-0.15, -0.1) is 0 Å². The van der Waals surface area contributed by atoms with Crippen molar-refractivity contribution in [1.29, 1.82) is 0 Å². The molecule has 0 aliphatic rings. The first-order valence-corrected chi connectivity index (χ1v) is 9.75. The second kappa shape index (κ2) is 9.56. The standard InChI is InChI=1S/C18H19F3N2O4S/c1-12(23-28(25,26)16-5-3-2-4-15(16)19)17(24)22-11-10-13-6-8-14(9-7-13)27-18(20)21/h2-9,12,18,23H,10-11H2,1H3,(H,22,24)/t12-/m0/s1. The quantitative estimate of drug-likeness (QED) is 0.658. The van der Waals surface area contributed by atoms with Crippen LogP contribution in [-0.2, 0) is 21.2 Å². The van der Waals surface area contributed by atoms with Gasteiger partial charge in [0.15, 0.2) is 0 Å². The summed E-state index contributed by atoms with van der Waals surface area (Å²) in [5.74, 6) is -1.47. The molecule has 0 aliphatic heterocycles. The number of carbonyl (C=O) groups excluding carboxylic acids is 1. The maximum absolute atomic E-state index is 13.7. The largest absolute Gasteiger partial charge is 0.435 e. The molecule has 10 heteroatoms. The molecule has 2 N–H and O–H groups in total. The van der Waals surface area contributed by atoms with E-state index in [1.165, 1.54) is 31.2 Å². The van der Waals surface area contributed by atoms with Gasteiger partial charge in [-0.3, -0.25) is 4.79 Å². The molecule has 0 saturated heterocycles. The summed E-state index contributed by atoms with van der Waals surface area (Å²) < 4.78 is 68.6. The summed E-state index contributed by atoms with van der Waals surface area (Å²) >= 11 is 0. The highest BCUT2D eigenvalue weighted by molar-refractivity contribution is 7.89. The first-order valence-electron chi connectivity index (χ1n) is 8.27. The number of amides is 1. The zero-order valence-corrected chi connectivity index (χ0v) is 15.7. The van der Waals surface area contributed by atoms with E-state index in [9.17, 15) is 26.4 Å². The van der Waals surface area contributed by atoms with Crippen LogP contribution in [0.2, 0.25) is 0 Å². The Morgan fingerprint density at radius 1 is 1.11 bits per heavy atom. The van der Waals surface area contributed by atoms with Gasteiger partial charge in [-0.2, -0.15) is 13.5 Å². The zero-order valence-electron chi connectivity index (χ0n) is 14.9. The molecule has 152 valence electrons. The number of alkyl halides is 2. The van der Waals surface area contributed by atoms with Crippen LogP contribution < -0.4 is 14.8 Å². The second-order valence-electron chi connectivity index (χ2n) is 5.84.